The van der Waals surface area contributed by atoms with Gasteiger partial charge in [0.25, 0.3) is 0 Å². The lowest BCUT2D eigenvalue weighted by atomic mass is 9.89. The van der Waals surface area contributed by atoms with E-state index in [9.17, 15) is 13.2 Å². The lowest BCUT2D eigenvalue weighted by molar-refractivity contribution is -0.144. The highest BCUT2D eigenvalue weighted by molar-refractivity contribution is 7.90. The molecule has 1 atom stereocenters. The summed E-state index contributed by atoms with van der Waals surface area (Å²) in [6.45, 7) is 3.80. The minimum atomic E-state index is -3.21. The number of hydrogen-bond donors (Lipinski definition) is 0. The Bertz CT molecular complexity index is 641. The van der Waals surface area contributed by atoms with E-state index in [2.05, 4.69) is 0 Å². The van der Waals surface area contributed by atoms with E-state index < -0.39 is 15.4 Å². The smallest absolute Gasteiger partial charge is 0.332 e. The number of carbonyl (C=O) groups is 1. The van der Waals surface area contributed by atoms with E-state index in [1.165, 1.54) is 12.3 Å². The molecule has 1 aromatic carbocycles. The highest BCUT2D eigenvalue weighted by Crippen LogP contribution is 2.38. The molecule has 102 valence electrons. The van der Waals surface area contributed by atoms with Crippen LogP contribution in [0.3, 0.4) is 0 Å². The van der Waals surface area contributed by atoms with Gasteiger partial charge in [-0.3, -0.25) is 0 Å². The second kappa shape index (κ2) is 4.49. The number of sulfone groups is 1. The van der Waals surface area contributed by atoms with E-state index in [1.54, 1.807) is 24.3 Å². The summed E-state index contributed by atoms with van der Waals surface area (Å²) < 4.78 is 28.1. The third-order valence-corrected chi connectivity index (χ3v) is 4.55. The van der Waals surface area contributed by atoms with Gasteiger partial charge in [0.1, 0.15) is 5.60 Å². The first-order chi connectivity index (χ1) is 8.76. The Morgan fingerprint density at radius 1 is 1.21 bits per heavy atom. The van der Waals surface area contributed by atoms with Crippen molar-refractivity contribution < 1.29 is 17.9 Å². The van der Waals surface area contributed by atoms with Crippen LogP contribution in [0.5, 0.6) is 0 Å². The lowest BCUT2D eigenvalue weighted by Gasteiger charge is -2.25. The van der Waals surface area contributed by atoms with E-state index in [4.69, 9.17) is 4.74 Å². The number of cyclic esters (lactones) is 1. The van der Waals surface area contributed by atoms with Gasteiger partial charge in [0.2, 0.25) is 0 Å². The molecule has 0 fully saturated rings. The molecule has 1 unspecified atom stereocenters. The molecular formula is C14H16O4S. The summed E-state index contributed by atoms with van der Waals surface area (Å²) in [4.78, 5) is 11.7. The topological polar surface area (TPSA) is 60.4 Å². The first-order valence-corrected chi connectivity index (χ1v) is 7.91. The predicted octanol–water partition coefficient (Wildman–Crippen LogP) is 2.20. The first-order valence-electron chi connectivity index (χ1n) is 6.02. The molecule has 2 rings (SSSR count). The molecule has 0 N–H and O–H groups in total. The number of rotatable bonds is 3. The largest absolute Gasteiger partial charge is 0.451 e. The Morgan fingerprint density at radius 3 is 2.26 bits per heavy atom. The van der Waals surface area contributed by atoms with Crippen LogP contribution in [0.1, 0.15) is 25.8 Å². The van der Waals surface area contributed by atoms with Gasteiger partial charge in [-0.2, -0.15) is 0 Å². The molecule has 1 aromatic rings. The average Bonchev–Trinajstić information content (AvgIpc) is 2.65. The molecule has 4 nitrogen and oxygen atoms in total. The Labute approximate surface area is 113 Å². The Hall–Kier alpha value is -1.62. The number of benzene rings is 1. The molecule has 0 amide bonds. The molecule has 0 bridgehead atoms. The van der Waals surface area contributed by atoms with Gasteiger partial charge in [0.05, 0.1) is 4.90 Å². The maximum atomic E-state index is 11.4. The summed E-state index contributed by atoms with van der Waals surface area (Å²) >= 11 is 0. The fourth-order valence-electron chi connectivity index (χ4n) is 2.11. The molecule has 19 heavy (non-hydrogen) atoms. The van der Waals surface area contributed by atoms with Gasteiger partial charge in [0.15, 0.2) is 9.84 Å². The molecule has 0 radical (unpaired) electrons. The second-order valence-electron chi connectivity index (χ2n) is 4.86. The third-order valence-electron chi connectivity index (χ3n) is 3.43. The van der Waals surface area contributed by atoms with Gasteiger partial charge < -0.3 is 4.74 Å². The monoisotopic (exact) mass is 280 g/mol. The van der Waals surface area contributed by atoms with Crippen LogP contribution in [0.4, 0.5) is 0 Å². The van der Waals surface area contributed by atoms with Gasteiger partial charge in [-0.15, -0.1) is 0 Å². The van der Waals surface area contributed by atoms with Crippen LogP contribution < -0.4 is 0 Å². The van der Waals surface area contributed by atoms with E-state index in [-0.39, 0.29) is 10.9 Å². The molecular weight excluding hydrogens is 264 g/mol. The van der Waals surface area contributed by atoms with Crippen molar-refractivity contribution in [1.29, 1.82) is 0 Å². The molecule has 1 heterocycles. The summed E-state index contributed by atoms with van der Waals surface area (Å²) in [5, 5.41) is 0. The molecule has 1 aliphatic rings. The van der Waals surface area contributed by atoms with Crippen LogP contribution in [-0.4, -0.2) is 26.2 Å². The van der Waals surface area contributed by atoms with Crippen molar-refractivity contribution in [2.75, 3.05) is 6.26 Å². The molecule has 0 saturated carbocycles. The van der Waals surface area contributed by atoms with Gasteiger partial charge in [-0.25, -0.2) is 13.2 Å². The van der Waals surface area contributed by atoms with Crippen molar-refractivity contribution in [3.05, 3.63) is 35.9 Å². The molecule has 5 heteroatoms. The van der Waals surface area contributed by atoms with Gasteiger partial charge in [-0.05, 0) is 31.0 Å². The zero-order valence-electron chi connectivity index (χ0n) is 11.1. The predicted molar refractivity (Wildman–Crippen MR) is 72.3 cm³/mol. The van der Waals surface area contributed by atoms with Crippen molar-refractivity contribution in [1.82, 2.24) is 0 Å². The van der Waals surface area contributed by atoms with Gasteiger partial charge in [-0.1, -0.05) is 19.1 Å². The number of hydrogen-bond acceptors (Lipinski definition) is 4. The van der Waals surface area contributed by atoms with Crippen LogP contribution in [0, 0.1) is 0 Å². The van der Waals surface area contributed by atoms with Crippen LogP contribution in [0.25, 0.3) is 5.57 Å². The summed E-state index contributed by atoms with van der Waals surface area (Å²) in [5.74, 6) is -0.355. The SMILES string of the molecule is CCC1(C)OC(=O)C=C1c1ccc(S(C)(=O)=O)cc1. The van der Waals surface area contributed by atoms with Crippen molar-refractivity contribution in [2.24, 2.45) is 0 Å². The van der Waals surface area contributed by atoms with E-state index >= 15 is 0 Å². The van der Waals surface area contributed by atoms with Crippen LogP contribution in [0.2, 0.25) is 0 Å². The van der Waals surface area contributed by atoms with E-state index in [0.29, 0.717) is 6.42 Å². The highest BCUT2D eigenvalue weighted by Gasteiger charge is 2.37. The van der Waals surface area contributed by atoms with Gasteiger partial charge in [0, 0.05) is 17.9 Å². The quantitative estimate of drug-likeness (QED) is 0.796. The molecule has 1 aliphatic heterocycles. The fraction of sp³-hybridized carbons (Fsp3) is 0.357. The molecule has 0 aliphatic carbocycles. The summed E-state index contributed by atoms with van der Waals surface area (Å²) in [6.07, 6.45) is 3.30. The Morgan fingerprint density at radius 2 is 1.79 bits per heavy atom. The minimum absolute atomic E-state index is 0.264. The van der Waals surface area contributed by atoms with E-state index in [0.717, 1.165) is 11.1 Å². The van der Waals surface area contributed by atoms with Crippen LogP contribution in [0.15, 0.2) is 35.2 Å². The standard InChI is InChI=1S/C14H16O4S/c1-4-14(2)12(9-13(15)18-14)10-5-7-11(8-6-10)19(3,16)17/h5-9H,4H2,1-3H3. The van der Waals surface area contributed by atoms with E-state index in [1.807, 2.05) is 13.8 Å². The summed E-state index contributed by atoms with van der Waals surface area (Å²) in [6, 6.07) is 6.50. The lowest BCUT2D eigenvalue weighted by Crippen LogP contribution is -2.26. The first kappa shape index (κ1) is 13.8. The third kappa shape index (κ3) is 2.56. The summed E-state index contributed by atoms with van der Waals surface area (Å²) in [5.41, 5.74) is 0.964. The highest BCUT2D eigenvalue weighted by atomic mass is 32.2. The van der Waals surface area contributed by atoms with Crippen molar-refractivity contribution in [2.45, 2.75) is 30.8 Å². The molecule has 0 spiro atoms. The number of esters is 1. The zero-order valence-corrected chi connectivity index (χ0v) is 12.0. The zero-order chi connectivity index (χ0) is 14.3. The minimum Gasteiger partial charge on any atom is -0.451 e. The Kier molecular flexibility index (Phi) is 3.26. The van der Waals surface area contributed by atoms with Crippen LogP contribution in [-0.2, 0) is 19.4 Å². The second-order valence-corrected chi connectivity index (χ2v) is 6.88. The van der Waals surface area contributed by atoms with Crippen molar-refractivity contribution >= 4 is 21.4 Å². The fourth-order valence-corrected chi connectivity index (χ4v) is 2.74. The average molecular weight is 280 g/mol. The van der Waals surface area contributed by atoms with Crippen LogP contribution >= 0.6 is 0 Å². The molecule has 0 aromatic heterocycles. The normalized spacial score (nSPS) is 23.1. The number of carbonyl (C=O) groups excluding carboxylic acids is 1. The number of ether oxygens (including phenoxy) is 1. The summed E-state index contributed by atoms with van der Waals surface area (Å²) in [7, 11) is -3.21. The van der Waals surface area contributed by atoms with Crippen molar-refractivity contribution in [3.8, 4) is 0 Å². The maximum absolute atomic E-state index is 11.4. The van der Waals surface area contributed by atoms with Crippen molar-refractivity contribution in [3.63, 3.8) is 0 Å². The van der Waals surface area contributed by atoms with Gasteiger partial charge >= 0.3 is 5.97 Å². The Balaban J connectivity index is 2.43. The maximum Gasteiger partial charge on any atom is 0.332 e. The molecule has 0 saturated heterocycles.